The van der Waals surface area contributed by atoms with Crippen LogP contribution in [0.25, 0.3) is 0 Å². The number of halogens is 4. The Balaban J connectivity index is 0.000000356. The second-order valence-electron chi connectivity index (χ2n) is 9.51. The van der Waals surface area contributed by atoms with Gasteiger partial charge in [0.25, 0.3) is 9.05 Å². The average molecular weight is 780 g/mol. The van der Waals surface area contributed by atoms with Crippen LogP contribution >= 0.6 is 45.5 Å². The van der Waals surface area contributed by atoms with Crippen molar-refractivity contribution in [1.29, 1.82) is 0 Å². The first-order chi connectivity index (χ1) is 22.0. The molecule has 47 heavy (non-hydrogen) atoms. The maximum absolute atomic E-state index is 11.4. The molecule has 0 aromatic heterocycles. The molecule has 0 spiro atoms. The van der Waals surface area contributed by atoms with Crippen LogP contribution in [-0.2, 0) is 33.3 Å². The number of primary sulfonamides is 1. The predicted molar refractivity (Wildman–Crippen MR) is 185 cm³/mol. The van der Waals surface area contributed by atoms with Crippen LogP contribution in [0.5, 0.6) is 17.2 Å². The quantitative estimate of drug-likeness (QED) is 0.140. The summed E-state index contributed by atoms with van der Waals surface area (Å²) in [6.07, 6.45) is 0. The smallest absolute Gasteiger partial charge is 0.265 e. The molecule has 3 aromatic rings. The minimum atomic E-state index is -3.89. The Kier molecular flexibility index (Phi) is 19.3. The Bertz CT molecular complexity index is 1560. The molecule has 0 saturated carbocycles. The van der Waals surface area contributed by atoms with E-state index in [1.54, 1.807) is 21.0 Å². The second-order valence-corrected chi connectivity index (χ2v) is 14.8. The second kappa shape index (κ2) is 21.1. The predicted octanol–water partition coefficient (Wildman–Crippen LogP) is 6.60. The van der Waals surface area contributed by atoms with E-state index in [-0.39, 0.29) is 34.5 Å². The summed E-state index contributed by atoms with van der Waals surface area (Å²) < 4.78 is 75.9. The Morgan fingerprint density at radius 2 is 0.979 bits per heavy atom. The van der Waals surface area contributed by atoms with Gasteiger partial charge in [0.15, 0.2) is 0 Å². The van der Waals surface area contributed by atoms with E-state index in [1.165, 1.54) is 38.5 Å². The molecule has 0 fully saturated rings. The van der Waals surface area contributed by atoms with Crippen molar-refractivity contribution in [3.8, 4) is 17.2 Å². The van der Waals surface area contributed by atoms with Crippen molar-refractivity contribution in [2.75, 3.05) is 61.0 Å². The van der Waals surface area contributed by atoms with E-state index in [2.05, 4.69) is 0 Å². The van der Waals surface area contributed by atoms with Gasteiger partial charge in [0.05, 0.1) is 19.8 Å². The van der Waals surface area contributed by atoms with E-state index in [1.807, 2.05) is 25.1 Å². The van der Waals surface area contributed by atoms with Crippen LogP contribution in [0.2, 0.25) is 15.1 Å². The van der Waals surface area contributed by atoms with Gasteiger partial charge in [-0.1, -0.05) is 34.8 Å². The molecule has 264 valence electrons. The molecule has 0 unspecified atom stereocenters. The lowest BCUT2D eigenvalue weighted by atomic mass is 10.2. The summed E-state index contributed by atoms with van der Waals surface area (Å²) in [6, 6.07) is 11.2. The molecule has 0 heterocycles. The van der Waals surface area contributed by atoms with Crippen LogP contribution < -0.4 is 19.3 Å². The zero-order valence-corrected chi connectivity index (χ0v) is 31.4. The highest BCUT2D eigenvalue weighted by Gasteiger charge is 2.19. The molecule has 0 radical (unpaired) electrons. The van der Waals surface area contributed by atoms with Crippen molar-refractivity contribution in [2.45, 2.75) is 30.6 Å². The fourth-order valence-corrected chi connectivity index (χ4v) is 5.56. The zero-order valence-electron chi connectivity index (χ0n) is 26.8. The third kappa shape index (κ3) is 15.8. The SMILES string of the molecule is COCCOc1cc(C)c(Cl)cc1S(=O)(=O)Cl.COCCOc1cc(C)c(Cl)cc1S(N)(=O)=O.COCCOc1ccc(Cl)c(C)c1. The van der Waals surface area contributed by atoms with Crippen molar-refractivity contribution in [3.05, 3.63) is 74.2 Å². The molecule has 3 rings (SSSR count). The Morgan fingerprint density at radius 1 is 0.574 bits per heavy atom. The number of aryl methyl sites for hydroxylation is 3. The van der Waals surface area contributed by atoms with Crippen LogP contribution in [0, 0.1) is 20.8 Å². The molecule has 11 nitrogen and oxygen atoms in total. The highest BCUT2D eigenvalue weighted by Crippen LogP contribution is 2.32. The Morgan fingerprint density at radius 3 is 1.38 bits per heavy atom. The maximum atomic E-state index is 11.4. The van der Waals surface area contributed by atoms with Gasteiger partial charge in [0, 0.05) is 47.1 Å². The molecular weight excluding hydrogens is 740 g/mol. The van der Waals surface area contributed by atoms with E-state index in [9.17, 15) is 16.8 Å². The fraction of sp³-hybridized carbons (Fsp3) is 0.400. The van der Waals surface area contributed by atoms with E-state index in [4.69, 9.17) is 79.0 Å². The number of rotatable bonds is 14. The third-order valence-electron chi connectivity index (χ3n) is 5.79. The topological polar surface area (TPSA) is 150 Å². The molecule has 3 aromatic carbocycles. The van der Waals surface area contributed by atoms with Crippen molar-refractivity contribution < 1.29 is 45.3 Å². The molecule has 17 heteroatoms. The molecular formula is C30H39Cl4NO10S2. The summed E-state index contributed by atoms with van der Waals surface area (Å²) in [6.45, 7) is 7.78. The normalized spacial score (nSPS) is 11.1. The summed E-state index contributed by atoms with van der Waals surface area (Å²) in [4.78, 5) is -0.255. The summed E-state index contributed by atoms with van der Waals surface area (Å²) in [5, 5.41) is 6.50. The monoisotopic (exact) mass is 777 g/mol. The summed E-state index contributed by atoms with van der Waals surface area (Å²) in [7, 11) is 2.25. The van der Waals surface area contributed by atoms with Gasteiger partial charge in [-0.25, -0.2) is 22.0 Å². The van der Waals surface area contributed by atoms with Gasteiger partial charge in [0.1, 0.15) is 46.9 Å². The Labute approximate surface area is 296 Å². The molecule has 0 aliphatic carbocycles. The number of methoxy groups -OCH3 is 3. The minimum Gasteiger partial charge on any atom is -0.491 e. The average Bonchev–Trinajstić information content (AvgIpc) is 2.98. The van der Waals surface area contributed by atoms with Crippen LogP contribution in [-0.4, -0.2) is 77.8 Å². The molecule has 0 aliphatic heterocycles. The first-order valence-electron chi connectivity index (χ1n) is 13.6. The number of benzene rings is 3. The number of hydrogen-bond acceptors (Lipinski definition) is 10. The van der Waals surface area contributed by atoms with Gasteiger partial charge in [0.2, 0.25) is 10.0 Å². The lowest BCUT2D eigenvalue weighted by Gasteiger charge is -2.11. The highest BCUT2D eigenvalue weighted by molar-refractivity contribution is 8.13. The van der Waals surface area contributed by atoms with Gasteiger partial charge < -0.3 is 28.4 Å². The van der Waals surface area contributed by atoms with Crippen molar-refractivity contribution in [3.63, 3.8) is 0 Å². The zero-order chi connectivity index (χ0) is 35.8. The molecule has 0 saturated heterocycles. The number of hydrogen-bond donors (Lipinski definition) is 1. The van der Waals surface area contributed by atoms with Gasteiger partial charge in [-0.15, -0.1) is 0 Å². The minimum absolute atomic E-state index is 0.121. The summed E-state index contributed by atoms with van der Waals surface area (Å²) in [5.74, 6) is 1.20. The third-order valence-corrected chi connectivity index (χ3v) is 9.31. The van der Waals surface area contributed by atoms with Crippen molar-refractivity contribution >= 4 is 64.6 Å². The molecule has 0 atom stereocenters. The van der Waals surface area contributed by atoms with Gasteiger partial charge in [-0.2, -0.15) is 0 Å². The number of nitrogens with two attached hydrogens (primary N) is 1. The largest absolute Gasteiger partial charge is 0.491 e. The maximum Gasteiger partial charge on any atom is 0.265 e. The number of sulfonamides is 1. The van der Waals surface area contributed by atoms with Crippen molar-refractivity contribution in [1.82, 2.24) is 0 Å². The molecule has 0 amide bonds. The van der Waals surface area contributed by atoms with Gasteiger partial charge >= 0.3 is 0 Å². The first kappa shape index (κ1) is 43.0. The van der Waals surface area contributed by atoms with Crippen LogP contribution in [0.1, 0.15) is 16.7 Å². The van der Waals surface area contributed by atoms with E-state index in [0.717, 1.165) is 16.3 Å². The molecule has 0 bridgehead atoms. The fourth-order valence-electron chi connectivity index (χ4n) is 3.33. The van der Waals surface area contributed by atoms with Crippen LogP contribution in [0.15, 0.2) is 52.3 Å². The lowest BCUT2D eigenvalue weighted by Crippen LogP contribution is -2.15. The van der Waals surface area contributed by atoms with Gasteiger partial charge in [-0.3, -0.25) is 0 Å². The summed E-state index contributed by atoms with van der Waals surface area (Å²) >= 11 is 17.6. The summed E-state index contributed by atoms with van der Waals surface area (Å²) in [5.41, 5.74) is 2.45. The first-order valence-corrected chi connectivity index (χ1v) is 18.6. The van der Waals surface area contributed by atoms with Crippen LogP contribution in [0.3, 0.4) is 0 Å². The van der Waals surface area contributed by atoms with Crippen LogP contribution in [0.4, 0.5) is 0 Å². The molecule has 0 aliphatic rings. The highest BCUT2D eigenvalue weighted by atomic mass is 35.7. The van der Waals surface area contributed by atoms with E-state index >= 15 is 0 Å². The standard InChI is InChI=1S/C10H12Cl2O4S.C10H14ClNO4S.C10H13ClO2/c2*1-7-5-9(16-4-3-15-2)10(6-8(7)11)17(12,13)14;1-8-7-9(3-4-10(8)11)13-6-5-12-2/h5-6H,3-4H2,1-2H3;5-6H,3-4H2,1-2H3,(H2,12,13,14);3-4,7H,5-6H2,1-2H3. The van der Waals surface area contributed by atoms with Crippen molar-refractivity contribution in [2.24, 2.45) is 5.14 Å². The Hall–Kier alpha value is -2.04. The number of ether oxygens (including phenoxy) is 6. The molecule has 2 N–H and O–H groups in total. The van der Waals surface area contributed by atoms with E-state index in [0.29, 0.717) is 47.6 Å². The lowest BCUT2D eigenvalue weighted by molar-refractivity contribution is 0.144. The van der Waals surface area contributed by atoms with E-state index < -0.39 is 19.1 Å². The van der Waals surface area contributed by atoms with Gasteiger partial charge in [-0.05, 0) is 79.9 Å².